The van der Waals surface area contributed by atoms with E-state index in [-0.39, 0.29) is 0 Å². The van der Waals surface area contributed by atoms with Crippen molar-refractivity contribution in [2.75, 3.05) is 26.2 Å². The predicted molar refractivity (Wildman–Crippen MR) is 83.1 cm³/mol. The molecule has 0 spiro atoms. The fourth-order valence-corrected chi connectivity index (χ4v) is 2.32. The minimum absolute atomic E-state index is 0.529. The van der Waals surface area contributed by atoms with Crippen molar-refractivity contribution in [3.8, 4) is 0 Å². The maximum atomic E-state index is 3.59. The molecule has 0 heterocycles. The molecule has 1 rings (SSSR count). The van der Waals surface area contributed by atoms with Gasteiger partial charge in [0, 0.05) is 23.6 Å². The van der Waals surface area contributed by atoms with Gasteiger partial charge in [-0.25, -0.2) is 0 Å². The third-order valence-corrected chi connectivity index (χ3v) is 3.80. The third kappa shape index (κ3) is 5.98. The lowest BCUT2D eigenvalue weighted by atomic mass is 10.1. The lowest BCUT2D eigenvalue weighted by molar-refractivity contribution is 0.297. The van der Waals surface area contributed by atoms with E-state index in [2.05, 4.69) is 71.2 Å². The quantitative estimate of drug-likeness (QED) is 0.792. The van der Waals surface area contributed by atoms with Crippen molar-refractivity contribution in [2.45, 2.75) is 33.2 Å². The number of hydrogen-bond acceptors (Lipinski definition) is 2. The molecule has 0 saturated carbocycles. The van der Waals surface area contributed by atoms with Crippen molar-refractivity contribution >= 4 is 15.9 Å². The van der Waals surface area contributed by atoms with E-state index in [4.69, 9.17) is 0 Å². The molecule has 18 heavy (non-hydrogen) atoms. The molecule has 0 fully saturated rings. The second-order valence-corrected chi connectivity index (χ2v) is 5.63. The molecule has 0 aliphatic rings. The highest BCUT2D eigenvalue weighted by Crippen LogP contribution is 2.11. The first-order valence-electron chi connectivity index (χ1n) is 6.85. The van der Waals surface area contributed by atoms with Gasteiger partial charge in [0.15, 0.2) is 0 Å². The average Bonchev–Trinajstić information content (AvgIpc) is 2.37. The van der Waals surface area contributed by atoms with Gasteiger partial charge in [-0.05, 0) is 44.1 Å². The van der Waals surface area contributed by atoms with Crippen LogP contribution in [-0.4, -0.2) is 37.1 Å². The van der Waals surface area contributed by atoms with Crippen LogP contribution >= 0.6 is 15.9 Å². The van der Waals surface area contributed by atoms with Crippen LogP contribution in [0, 0.1) is 0 Å². The summed E-state index contributed by atoms with van der Waals surface area (Å²) in [6.07, 6.45) is 1.09. The first kappa shape index (κ1) is 15.7. The molecule has 0 aliphatic carbocycles. The van der Waals surface area contributed by atoms with Gasteiger partial charge in [0.1, 0.15) is 0 Å². The minimum atomic E-state index is 0.529. The number of hydrogen-bond donors (Lipinski definition) is 1. The van der Waals surface area contributed by atoms with Crippen molar-refractivity contribution in [1.29, 1.82) is 0 Å². The molecule has 0 aliphatic heterocycles. The minimum Gasteiger partial charge on any atom is -0.313 e. The van der Waals surface area contributed by atoms with Crippen molar-refractivity contribution in [2.24, 2.45) is 0 Å². The van der Waals surface area contributed by atoms with E-state index in [0.717, 1.165) is 37.1 Å². The Morgan fingerprint density at radius 2 is 1.78 bits per heavy atom. The Bertz CT molecular complexity index is 320. The molecule has 1 aromatic rings. The Morgan fingerprint density at radius 3 is 2.33 bits per heavy atom. The first-order chi connectivity index (χ1) is 8.65. The smallest absolute Gasteiger partial charge is 0.0175 e. The summed E-state index contributed by atoms with van der Waals surface area (Å²) >= 11 is 3.46. The molecule has 1 unspecified atom stereocenters. The molecule has 3 heteroatoms. The molecule has 0 saturated heterocycles. The molecular formula is C15H25BrN2. The Labute approximate surface area is 120 Å². The molecule has 0 bridgehead atoms. The Hall–Kier alpha value is -0.380. The number of halogens is 1. The highest BCUT2D eigenvalue weighted by Gasteiger charge is 2.04. The summed E-state index contributed by atoms with van der Waals surface area (Å²) in [7, 11) is 0. The Kier molecular flexibility index (Phi) is 7.56. The summed E-state index contributed by atoms with van der Waals surface area (Å²) in [6, 6.07) is 9.12. The number of rotatable bonds is 8. The summed E-state index contributed by atoms with van der Waals surface area (Å²) in [5.74, 6) is 0. The largest absolute Gasteiger partial charge is 0.313 e. The number of nitrogens with zero attached hydrogens (tertiary/aromatic N) is 1. The molecule has 0 aromatic heterocycles. The highest BCUT2D eigenvalue weighted by atomic mass is 79.9. The van der Waals surface area contributed by atoms with Gasteiger partial charge in [-0.15, -0.1) is 0 Å². The predicted octanol–water partition coefficient (Wildman–Crippen LogP) is 3.31. The second-order valence-electron chi connectivity index (χ2n) is 4.71. The monoisotopic (exact) mass is 312 g/mol. The van der Waals surface area contributed by atoms with E-state index >= 15 is 0 Å². The van der Waals surface area contributed by atoms with Crippen LogP contribution in [0.3, 0.4) is 0 Å². The fraction of sp³-hybridized carbons (Fsp3) is 0.600. The van der Waals surface area contributed by atoms with E-state index in [1.165, 1.54) is 5.56 Å². The lowest BCUT2D eigenvalue weighted by Gasteiger charge is -2.20. The summed E-state index contributed by atoms with van der Waals surface area (Å²) in [6.45, 7) is 11.2. The molecule has 1 atom stereocenters. The van der Waals surface area contributed by atoms with Crippen LogP contribution in [-0.2, 0) is 6.42 Å². The van der Waals surface area contributed by atoms with Crippen molar-refractivity contribution in [3.05, 3.63) is 34.3 Å². The van der Waals surface area contributed by atoms with Gasteiger partial charge < -0.3 is 10.2 Å². The van der Waals surface area contributed by atoms with Gasteiger partial charge in [0.25, 0.3) is 0 Å². The van der Waals surface area contributed by atoms with Crippen LogP contribution in [0.2, 0.25) is 0 Å². The van der Waals surface area contributed by atoms with Crippen LogP contribution in [0.1, 0.15) is 26.3 Å². The Balaban J connectivity index is 2.25. The zero-order chi connectivity index (χ0) is 13.4. The van der Waals surface area contributed by atoms with Crippen LogP contribution < -0.4 is 5.32 Å². The molecule has 1 aromatic carbocycles. The second kappa shape index (κ2) is 8.68. The summed E-state index contributed by atoms with van der Waals surface area (Å²) in [4.78, 5) is 2.44. The summed E-state index contributed by atoms with van der Waals surface area (Å²) in [5.41, 5.74) is 1.39. The lowest BCUT2D eigenvalue weighted by Crippen LogP contribution is -2.36. The maximum absolute atomic E-state index is 3.59. The van der Waals surface area contributed by atoms with E-state index in [9.17, 15) is 0 Å². The SMILES string of the molecule is CCN(CC)CCNC(C)Cc1ccc(Br)cc1. The van der Waals surface area contributed by atoms with Crippen LogP contribution in [0.15, 0.2) is 28.7 Å². The third-order valence-electron chi connectivity index (χ3n) is 3.27. The van der Waals surface area contributed by atoms with Gasteiger partial charge in [-0.3, -0.25) is 0 Å². The molecule has 102 valence electrons. The number of benzene rings is 1. The topological polar surface area (TPSA) is 15.3 Å². The van der Waals surface area contributed by atoms with Gasteiger partial charge in [-0.1, -0.05) is 41.9 Å². The summed E-state index contributed by atoms with van der Waals surface area (Å²) < 4.78 is 1.15. The van der Waals surface area contributed by atoms with Crippen LogP contribution in [0.25, 0.3) is 0 Å². The van der Waals surface area contributed by atoms with E-state index in [1.807, 2.05) is 0 Å². The van der Waals surface area contributed by atoms with Gasteiger partial charge >= 0.3 is 0 Å². The molecule has 1 N–H and O–H groups in total. The molecular weight excluding hydrogens is 288 g/mol. The summed E-state index contributed by atoms with van der Waals surface area (Å²) in [5, 5.41) is 3.59. The van der Waals surface area contributed by atoms with Gasteiger partial charge in [0.05, 0.1) is 0 Å². The molecule has 0 radical (unpaired) electrons. The average molecular weight is 313 g/mol. The van der Waals surface area contributed by atoms with Crippen molar-refractivity contribution in [1.82, 2.24) is 10.2 Å². The standard InChI is InChI=1S/C15H25BrN2/c1-4-18(5-2)11-10-17-13(3)12-14-6-8-15(16)9-7-14/h6-9,13,17H,4-5,10-12H2,1-3H3. The van der Waals surface area contributed by atoms with Crippen LogP contribution in [0.4, 0.5) is 0 Å². The molecule has 2 nitrogen and oxygen atoms in total. The Morgan fingerprint density at radius 1 is 1.17 bits per heavy atom. The first-order valence-corrected chi connectivity index (χ1v) is 7.65. The highest BCUT2D eigenvalue weighted by molar-refractivity contribution is 9.10. The molecule has 0 amide bonds. The number of likely N-dealkylation sites (N-methyl/N-ethyl adjacent to an activating group) is 1. The van der Waals surface area contributed by atoms with Crippen LogP contribution in [0.5, 0.6) is 0 Å². The van der Waals surface area contributed by atoms with Gasteiger partial charge in [-0.2, -0.15) is 0 Å². The maximum Gasteiger partial charge on any atom is 0.0175 e. The zero-order valence-electron chi connectivity index (χ0n) is 11.7. The number of nitrogens with one attached hydrogen (secondary N) is 1. The van der Waals surface area contributed by atoms with Crippen molar-refractivity contribution < 1.29 is 0 Å². The van der Waals surface area contributed by atoms with E-state index in [1.54, 1.807) is 0 Å². The van der Waals surface area contributed by atoms with E-state index < -0.39 is 0 Å². The zero-order valence-corrected chi connectivity index (χ0v) is 13.3. The van der Waals surface area contributed by atoms with E-state index in [0.29, 0.717) is 6.04 Å². The van der Waals surface area contributed by atoms with Crippen molar-refractivity contribution in [3.63, 3.8) is 0 Å². The van der Waals surface area contributed by atoms with Gasteiger partial charge in [0.2, 0.25) is 0 Å². The normalized spacial score (nSPS) is 12.9. The fourth-order valence-electron chi connectivity index (χ4n) is 2.06.